The van der Waals surface area contributed by atoms with E-state index in [1.54, 1.807) is 43.0 Å². The largest absolute Gasteiger partial charge is 0.377 e. The maximum Gasteiger partial charge on any atom is 0.265 e. The molecule has 0 atom stereocenters. The number of fused-ring (bicyclic) bond motifs is 3. The third kappa shape index (κ3) is 4.74. The van der Waals surface area contributed by atoms with Crippen LogP contribution in [0.5, 0.6) is 0 Å². The maximum absolute atomic E-state index is 14.0. The number of methoxy groups -OCH3 is 1. The van der Waals surface area contributed by atoms with E-state index in [1.807, 2.05) is 0 Å². The van der Waals surface area contributed by atoms with Gasteiger partial charge in [-0.05, 0) is 30.7 Å². The zero-order valence-electron chi connectivity index (χ0n) is 21.1. The number of aromatic nitrogens is 4. The number of aryl methyl sites for hydroxylation is 1. The van der Waals surface area contributed by atoms with Crippen LogP contribution in [0.15, 0.2) is 41.3 Å². The van der Waals surface area contributed by atoms with Gasteiger partial charge < -0.3 is 19.5 Å². The third-order valence-electron chi connectivity index (χ3n) is 6.61. The van der Waals surface area contributed by atoms with Gasteiger partial charge in [-0.1, -0.05) is 23.7 Å². The second-order valence-corrected chi connectivity index (χ2v) is 10.1. The third-order valence-corrected chi connectivity index (χ3v) is 6.86. The summed E-state index contributed by atoms with van der Waals surface area (Å²) in [4.78, 5) is 50.1. The number of alkyl halides is 1. The Bertz CT molecular complexity index is 1620. The second-order valence-electron chi connectivity index (χ2n) is 9.67. The fraction of sp³-hybridized carbons (Fsp3) is 0.346. The van der Waals surface area contributed by atoms with Crippen molar-refractivity contribution in [3.8, 4) is 0 Å². The Kier molecular flexibility index (Phi) is 6.66. The molecule has 1 aliphatic heterocycles. The van der Waals surface area contributed by atoms with Crippen LogP contribution in [0.4, 0.5) is 4.39 Å². The lowest BCUT2D eigenvalue weighted by Crippen LogP contribution is -2.60. The molecule has 4 aromatic rings. The average Bonchev–Trinajstić information content (AvgIpc) is 3.19. The molecule has 1 N–H and O–H groups in total. The number of amides is 2. The van der Waals surface area contributed by atoms with E-state index in [1.165, 1.54) is 28.7 Å². The number of carbonyl (C=O) groups excluding carboxylic acids is 2. The Balaban J connectivity index is 1.59. The number of hydrogen-bond donors (Lipinski definition) is 1. The fourth-order valence-corrected chi connectivity index (χ4v) is 4.80. The summed E-state index contributed by atoms with van der Waals surface area (Å²) in [6.07, 6.45) is 1.51. The van der Waals surface area contributed by atoms with E-state index in [0.717, 1.165) is 5.56 Å². The lowest BCUT2D eigenvalue weighted by Gasteiger charge is -2.42. The lowest BCUT2D eigenvalue weighted by molar-refractivity contribution is -0.144. The molecular weight excluding hydrogens is 515 g/mol. The van der Waals surface area contributed by atoms with E-state index in [0.29, 0.717) is 27.3 Å². The Morgan fingerprint density at radius 2 is 1.95 bits per heavy atom. The predicted molar refractivity (Wildman–Crippen MR) is 140 cm³/mol. The first-order chi connectivity index (χ1) is 18.1. The van der Waals surface area contributed by atoms with Gasteiger partial charge >= 0.3 is 0 Å². The van der Waals surface area contributed by atoms with Crippen molar-refractivity contribution in [3.05, 3.63) is 68.9 Å². The van der Waals surface area contributed by atoms with Gasteiger partial charge in [0.2, 0.25) is 5.91 Å². The van der Waals surface area contributed by atoms with Gasteiger partial charge in [-0.2, -0.15) is 0 Å². The average molecular weight is 541 g/mol. The standard InChI is InChI=1S/C26H26ClFN6O4/c1-26(28)13-33(14-26)21(35)11-34-23-17(22-19(10-29-23)31-20(12-38-3)32(22)2)8-18(25(34)37)24(36)30-9-15-4-6-16(27)7-5-15/h4-8,10H,9,11-14H2,1-3H3,(H,30,36). The molecule has 2 amide bonds. The van der Waals surface area contributed by atoms with Gasteiger partial charge in [0.25, 0.3) is 11.5 Å². The number of benzene rings is 1. The van der Waals surface area contributed by atoms with E-state index in [9.17, 15) is 18.8 Å². The topological polar surface area (TPSA) is 111 Å². The van der Waals surface area contributed by atoms with Crippen LogP contribution in [0.25, 0.3) is 22.1 Å². The van der Waals surface area contributed by atoms with E-state index < -0.39 is 23.0 Å². The van der Waals surface area contributed by atoms with Gasteiger partial charge in [0.05, 0.1) is 24.8 Å². The summed E-state index contributed by atoms with van der Waals surface area (Å²) in [6, 6.07) is 8.43. The number of nitrogens with zero attached hydrogens (tertiary/aromatic N) is 5. The Morgan fingerprint density at radius 3 is 2.61 bits per heavy atom. The summed E-state index contributed by atoms with van der Waals surface area (Å²) in [5.74, 6) is -0.416. The molecule has 0 spiro atoms. The number of pyridine rings is 2. The minimum Gasteiger partial charge on any atom is -0.377 e. The van der Waals surface area contributed by atoms with Crippen molar-refractivity contribution >= 4 is 45.5 Å². The van der Waals surface area contributed by atoms with Crippen LogP contribution in [0.3, 0.4) is 0 Å². The molecule has 198 valence electrons. The van der Waals surface area contributed by atoms with Crippen molar-refractivity contribution in [2.45, 2.75) is 32.3 Å². The first-order valence-corrected chi connectivity index (χ1v) is 12.3. The molecule has 0 saturated carbocycles. The summed E-state index contributed by atoms with van der Waals surface area (Å²) in [5.41, 5.74) is -0.0757. The Morgan fingerprint density at radius 1 is 1.24 bits per heavy atom. The van der Waals surface area contributed by atoms with Crippen LogP contribution >= 0.6 is 11.6 Å². The van der Waals surface area contributed by atoms with Crippen molar-refractivity contribution in [2.24, 2.45) is 7.05 Å². The monoisotopic (exact) mass is 540 g/mol. The molecule has 0 aliphatic carbocycles. The molecule has 12 heteroatoms. The molecule has 4 heterocycles. The zero-order valence-corrected chi connectivity index (χ0v) is 21.9. The minimum absolute atomic E-state index is 0.0560. The van der Waals surface area contributed by atoms with Gasteiger partial charge in [0.15, 0.2) is 0 Å². The quantitative estimate of drug-likeness (QED) is 0.386. The van der Waals surface area contributed by atoms with E-state index in [2.05, 4.69) is 15.3 Å². The summed E-state index contributed by atoms with van der Waals surface area (Å²) in [5, 5.41) is 3.80. The number of carbonyl (C=O) groups is 2. The molecule has 0 bridgehead atoms. The summed E-state index contributed by atoms with van der Waals surface area (Å²) in [6.45, 7) is 1.34. The van der Waals surface area contributed by atoms with E-state index >= 15 is 0 Å². The van der Waals surface area contributed by atoms with Gasteiger partial charge in [-0.25, -0.2) is 14.4 Å². The smallest absolute Gasteiger partial charge is 0.265 e. The highest BCUT2D eigenvalue weighted by atomic mass is 35.5. The summed E-state index contributed by atoms with van der Waals surface area (Å²) < 4.78 is 22.2. The second kappa shape index (κ2) is 9.80. The molecule has 10 nitrogen and oxygen atoms in total. The molecule has 3 aromatic heterocycles. The molecule has 38 heavy (non-hydrogen) atoms. The highest BCUT2D eigenvalue weighted by Crippen LogP contribution is 2.27. The first-order valence-electron chi connectivity index (χ1n) is 11.9. The lowest BCUT2D eigenvalue weighted by atomic mass is 9.99. The number of hydrogen-bond acceptors (Lipinski definition) is 6. The highest BCUT2D eigenvalue weighted by Gasteiger charge is 2.41. The van der Waals surface area contributed by atoms with Crippen LogP contribution < -0.4 is 10.9 Å². The van der Waals surface area contributed by atoms with Crippen LogP contribution in [0, 0.1) is 0 Å². The van der Waals surface area contributed by atoms with Crippen molar-refractivity contribution in [1.82, 2.24) is 29.3 Å². The summed E-state index contributed by atoms with van der Waals surface area (Å²) in [7, 11) is 3.35. The van der Waals surface area contributed by atoms with Crippen LogP contribution in [0.2, 0.25) is 5.02 Å². The van der Waals surface area contributed by atoms with Crippen molar-refractivity contribution in [3.63, 3.8) is 0 Å². The van der Waals surface area contributed by atoms with Gasteiger partial charge in [-0.15, -0.1) is 0 Å². The molecule has 5 rings (SSSR count). The fourth-order valence-electron chi connectivity index (χ4n) is 4.68. The minimum atomic E-state index is -1.46. The molecule has 0 radical (unpaired) electrons. The molecule has 1 fully saturated rings. The molecular formula is C26H26ClFN6O4. The number of likely N-dealkylation sites (tertiary alicyclic amines) is 1. The molecule has 0 unspecified atom stereocenters. The van der Waals surface area contributed by atoms with Crippen molar-refractivity contribution in [2.75, 3.05) is 20.2 Å². The van der Waals surface area contributed by atoms with Crippen molar-refractivity contribution < 1.29 is 18.7 Å². The number of imidazole rings is 1. The summed E-state index contributed by atoms with van der Waals surface area (Å²) >= 11 is 5.94. The van der Waals surface area contributed by atoms with Crippen LogP contribution in [-0.2, 0) is 36.3 Å². The van der Waals surface area contributed by atoms with Crippen LogP contribution in [-0.4, -0.2) is 61.7 Å². The molecule has 1 aromatic carbocycles. The number of ether oxygens (including phenoxy) is 1. The van der Waals surface area contributed by atoms with Gasteiger partial charge in [0.1, 0.15) is 41.4 Å². The number of halogens is 2. The number of rotatable bonds is 7. The highest BCUT2D eigenvalue weighted by molar-refractivity contribution is 6.30. The normalized spacial score (nSPS) is 14.6. The predicted octanol–water partition coefficient (Wildman–Crippen LogP) is 2.58. The van der Waals surface area contributed by atoms with Crippen molar-refractivity contribution in [1.29, 1.82) is 0 Å². The van der Waals surface area contributed by atoms with E-state index in [4.69, 9.17) is 16.3 Å². The van der Waals surface area contributed by atoms with Crippen LogP contribution in [0.1, 0.15) is 28.7 Å². The Labute approximate surface area is 222 Å². The first kappa shape index (κ1) is 25.8. The van der Waals surface area contributed by atoms with Gasteiger partial charge in [0, 0.05) is 31.1 Å². The zero-order chi connectivity index (χ0) is 27.2. The molecule has 1 aliphatic rings. The molecule has 1 saturated heterocycles. The SMILES string of the molecule is COCc1nc2cnc3c(cc(C(=O)NCc4ccc(Cl)cc4)c(=O)n3CC(=O)N3CC(C)(F)C3)c2n1C. The Hall–Kier alpha value is -3.83. The van der Waals surface area contributed by atoms with E-state index in [-0.39, 0.29) is 44.0 Å². The number of nitrogens with one attached hydrogen (secondary N) is 1. The maximum atomic E-state index is 14.0. The van der Waals surface area contributed by atoms with Gasteiger partial charge in [-0.3, -0.25) is 19.0 Å².